The maximum absolute atomic E-state index is 14.2. The number of anilines is 1. The third kappa shape index (κ3) is 5.65. The van der Waals surface area contributed by atoms with E-state index >= 15 is 0 Å². The zero-order valence-corrected chi connectivity index (χ0v) is 18.9. The fourth-order valence-corrected chi connectivity index (χ4v) is 6.15. The molecule has 0 saturated heterocycles. The smallest absolute Gasteiger partial charge is 0.324 e. The molecule has 1 fully saturated rings. The highest BCUT2D eigenvalue weighted by Gasteiger charge is 2.38. The summed E-state index contributed by atoms with van der Waals surface area (Å²) in [5.41, 5.74) is 0.769. The average molecular weight is 416 g/mol. The lowest BCUT2D eigenvalue weighted by Gasteiger charge is -2.39. The standard InChI is InChI=1S/C24H34NO3P/c1-5-27-21-14-12-20(13-15-21)25-29(26,22-9-7-6-8-10-22)28-24-17-19(4)11-16-23(24)18(2)3/h6-10,12-15,18-19,23-24H,5,11,16-17H2,1-4H3,(H,25,26)/t19-,23-,24-,29+/m1/s1. The van der Waals surface area contributed by atoms with Crippen molar-refractivity contribution in [3.8, 4) is 5.75 Å². The fraction of sp³-hybridized carbons (Fsp3) is 0.500. The van der Waals surface area contributed by atoms with Crippen LogP contribution in [0.15, 0.2) is 54.6 Å². The predicted molar refractivity (Wildman–Crippen MR) is 121 cm³/mol. The van der Waals surface area contributed by atoms with Crippen molar-refractivity contribution >= 4 is 18.5 Å². The molecule has 0 spiro atoms. The van der Waals surface area contributed by atoms with Gasteiger partial charge in [-0.2, -0.15) is 0 Å². The van der Waals surface area contributed by atoms with Crippen molar-refractivity contribution in [2.24, 2.45) is 17.8 Å². The van der Waals surface area contributed by atoms with E-state index in [1.54, 1.807) is 0 Å². The van der Waals surface area contributed by atoms with E-state index in [9.17, 15) is 4.57 Å². The van der Waals surface area contributed by atoms with E-state index in [1.807, 2.05) is 61.5 Å². The Morgan fingerprint density at radius 2 is 1.76 bits per heavy atom. The van der Waals surface area contributed by atoms with Crippen LogP contribution in [0.4, 0.5) is 5.69 Å². The van der Waals surface area contributed by atoms with Gasteiger partial charge in [0.25, 0.3) is 0 Å². The second-order valence-electron chi connectivity index (χ2n) is 8.43. The van der Waals surface area contributed by atoms with Crippen LogP contribution in [0.25, 0.3) is 0 Å². The minimum Gasteiger partial charge on any atom is -0.494 e. The zero-order valence-electron chi connectivity index (χ0n) is 18.0. The highest BCUT2D eigenvalue weighted by Crippen LogP contribution is 2.51. The molecule has 1 aliphatic rings. The first-order valence-corrected chi connectivity index (χ1v) is 12.4. The number of hydrogen-bond donors (Lipinski definition) is 1. The number of hydrogen-bond acceptors (Lipinski definition) is 3. The van der Waals surface area contributed by atoms with Gasteiger partial charge >= 0.3 is 7.52 Å². The monoisotopic (exact) mass is 415 g/mol. The summed E-state index contributed by atoms with van der Waals surface area (Å²) < 4.78 is 26.2. The molecule has 3 rings (SSSR count). The Bertz CT molecular complexity index is 807. The summed E-state index contributed by atoms with van der Waals surface area (Å²) in [6.45, 7) is 9.32. The average Bonchev–Trinajstić information content (AvgIpc) is 2.70. The molecule has 2 aromatic rings. The van der Waals surface area contributed by atoms with Gasteiger partial charge in [0.15, 0.2) is 0 Å². The van der Waals surface area contributed by atoms with E-state index in [0.717, 1.165) is 24.3 Å². The van der Waals surface area contributed by atoms with E-state index in [2.05, 4.69) is 25.9 Å². The van der Waals surface area contributed by atoms with Crippen LogP contribution < -0.4 is 15.1 Å². The minimum atomic E-state index is -3.29. The summed E-state index contributed by atoms with van der Waals surface area (Å²) in [6.07, 6.45) is 3.27. The Balaban J connectivity index is 1.88. The van der Waals surface area contributed by atoms with Crippen LogP contribution in [0.3, 0.4) is 0 Å². The quantitative estimate of drug-likeness (QED) is 0.500. The maximum Gasteiger partial charge on any atom is 0.324 e. The second-order valence-corrected chi connectivity index (χ2v) is 10.5. The van der Waals surface area contributed by atoms with Crippen LogP contribution in [-0.4, -0.2) is 12.7 Å². The van der Waals surface area contributed by atoms with Crippen molar-refractivity contribution in [3.05, 3.63) is 54.6 Å². The van der Waals surface area contributed by atoms with Crippen molar-refractivity contribution in [1.82, 2.24) is 0 Å². The topological polar surface area (TPSA) is 47.6 Å². The molecule has 0 aromatic heterocycles. The Kier molecular flexibility index (Phi) is 7.43. The summed E-state index contributed by atoms with van der Waals surface area (Å²) in [5, 5.41) is 3.94. The van der Waals surface area contributed by atoms with Crippen molar-refractivity contribution in [2.45, 2.75) is 53.1 Å². The van der Waals surface area contributed by atoms with Gasteiger partial charge in [-0.3, -0.25) is 4.57 Å². The molecular weight excluding hydrogens is 381 g/mol. The molecule has 1 saturated carbocycles. The van der Waals surface area contributed by atoms with E-state index in [-0.39, 0.29) is 6.10 Å². The second kappa shape index (κ2) is 9.82. The highest BCUT2D eigenvalue weighted by atomic mass is 31.2. The molecule has 0 aliphatic heterocycles. The molecule has 1 aliphatic carbocycles. The number of rotatable bonds is 8. The molecule has 5 heteroatoms. The SMILES string of the molecule is CCOc1ccc(N[P@@](=O)(O[C@@H]2C[C@H](C)CC[C@@H]2C(C)C)c2ccccc2)cc1. The number of ether oxygens (including phenoxy) is 1. The molecule has 0 unspecified atom stereocenters. The Hall–Kier alpha value is -1.77. The fourth-order valence-electron chi connectivity index (χ4n) is 4.16. The largest absolute Gasteiger partial charge is 0.494 e. The summed E-state index contributed by atoms with van der Waals surface area (Å²) >= 11 is 0. The van der Waals surface area contributed by atoms with Gasteiger partial charge in [0, 0.05) is 5.69 Å². The minimum absolute atomic E-state index is 0.0139. The van der Waals surface area contributed by atoms with Crippen LogP contribution in [-0.2, 0) is 9.09 Å². The van der Waals surface area contributed by atoms with Gasteiger partial charge in [-0.15, -0.1) is 0 Å². The Labute approximate surface area is 175 Å². The third-order valence-corrected chi connectivity index (χ3v) is 7.88. The summed E-state index contributed by atoms with van der Waals surface area (Å²) in [4.78, 5) is 0. The van der Waals surface area contributed by atoms with Crippen LogP contribution in [0.2, 0.25) is 0 Å². The van der Waals surface area contributed by atoms with Gasteiger partial charge in [0.1, 0.15) is 5.75 Å². The number of nitrogens with one attached hydrogen (secondary N) is 1. The van der Waals surface area contributed by atoms with Gasteiger partial charge in [0.05, 0.1) is 18.0 Å². The molecule has 2 aromatic carbocycles. The van der Waals surface area contributed by atoms with Gasteiger partial charge in [-0.1, -0.05) is 45.4 Å². The number of benzene rings is 2. The van der Waals surface area contributed by atoms with Gasteiger partial charge in [-0.25, -0.2) is 0 Å². The third-order valence-electron chi connectivity index (χ3n) is 5.78. The van der Waals surface area contributed by atoms with Crippen molar-refractivity contribution in [2.75, 3.05) is 11.7 Å². The lowest BCUT2D eigenvalue weighted by Crippen LogP contribution is -2.35. The molecule has 29 heavy (non-hydrogen) atoms. The summed E-state index contributed by atoms with van der Waals surface area (Å²) in [6, 6.07) is 17.1. The summed E-state index contributed by atoms with van der Waals surface area (Å²) in [7, 11) is -3.29. The van der Waals surface area contributed by atoms with Crippen LogP contribution in [0.1, 0.15) is 47.0 Å². The Morgan fingerprint density at radius 3 is 2.38 bits per heavy atom. The highest BCUT2D eigenvalue weighted by molar-refractivity contribution is 7.68. The first-order valence-electron chi connectivity index (χ1n) is 10.8. The maximum atomic E-state index is 14.2. The first kappa shape index (κ1) is 21.9. The molecule has 4 nitrogen and oxygen atoms in total. The van der Waals surface area contributed by atoms with Gasteiger partial charge < -0.3 is 14.3 Å². The summed E-state index contributed by atoms with van der Waals surface area (Å²) in [5.74, 6) is 2.31. The van der Waals surface area contributed by atoms with Crippen LogP contribution in [0, 0.1) is 17.8 Å². The van der Waals surface area contributed by atoms with Crippen molar-refractivity contribution in [1.29, 1.82) is 0 Å². The Morgan fingerprint density at radius 1 is 1.07 bits per heavy atom. The molecule has 4 atom stereocenters. The predicted octanol–water partition coefficient (Wildman–Crippen LogP) is 6.49. The molecule has 0 radical (unpaired) electrons. The molecule has 0 bridgehead atoms. The molecule has 158 valence electrons. The van der Waals surface area contributed by atoms with E-state index in [4.69, 9.17) is 9.26 Å². The van der Waals surface area contributed by atoms with Crippen LogP contribution >= 0.6 is 7.52 Å². The molecule has 0 amide bonds. The van der Waals surface area contributed by atoms with E-state index < -0.39 is 7.52 Å². The zero-order chi connectivity index (χ0) is 20.9. The van der Waals surface area contributed by atoms with Gasteiger partial charge in [-0.05, 0) is 73.9 Å². The molecular formula is C24H34NO3P. The van der Waals surface area contributed by atoms with E-state index in [1.165, 1.54) is 6.42 Å². The van der Waals surface area contributed by atoms with Crippen LogP contribution in [0.5, 0.6) is 5.75 Å². The normalized spacial score (nSPS) is 24.1. The van der Waals surface area contributed by atoms with E-state index in [0.29, 0.717) is 29.7 Å². The lowest BCUT2D eigenvalue weighted by atomic mass is 9.75. The van der Waals surface area contributed by atoms with Crippen molar-refractivity contribution < 1.29 is 13.8 Å². The lowest BCUT2D eigenvalue weighted by molar-refractivity contribution is 0.0506. The van der Waals surface area contributed by atoms with Gasteiger partial charge in [0.2, 0.25) is 0 Å². The molecule has 0 heterocycles. The first-order chi connectivity index (χ1) is 13.9. The van der Waals surface area contributed by atoms with Crippen molar-refractivity contribution in [3.63, 3.8) is 0 Å². The molecule has 1 N–H and O–H groups in total.